The smallest absolute Gasteiger partial charge is 0.255 e. The third-order valence-corrected chi connectivity index (χ3v) is 3.11. The Morgan fingerprint density at radius 1 is 1.21 bits per heavy atom. The van der Waals surface area contributed by atoms with E-state index in [-0.39, 0.29) is 5.91 Å². The lowest BCUT2D eigenvalue weighted by atomic mass is 10.2. The number of amides is 1. The summed E-state index contributed by atoms with van der Waals surface area (Å²) >= 11 is 3.27. The Bertz CT molecular complexity index is 662. The van der Waals surface area contributed by atoms with Crippen LogP contribution in [0.1, 0.15) is 15.9 Å². The maximum absolute atomic E-state index is 12.8. The van der Waals surface area contributed by atoms with E-state index in [2.05, 4.69) is 21.2 Å². The first-order chi connectivity index (χ1) is 9.10. The molecule has 0 unspecified atom stereocenters. The fraction of sp³-hybridized carbons (Fsp3) is 0. The second kappa shape index (κ2) is 5.63. The maximum atomic E-state index is 12.8. The Labute approximate surface area is 117 Å². The molecule has 0 bridgehead atoms. The van der Waals surface area contributed by atoms with Crippen molar-refractivity contribution >= 4 is 27.5 Å². The number of carbonyl (C=O) groups is 1. The molecule has 5 heteroatoms. The van der Waals surface area contributed by atoms with Crippen molar-refractivity contribution in [2.45, 2.75) is 0 Å². The number of anilines is 1. The van der Waals surface area contributed by atoms with Crippen LogP contribution in [0.4, 0.5) is 10.1 Å². The van der Waals surface area contributed by atoms with Crippen LogP contribution in [-0.2, 0) is 0 Å². The van der Waals surface area contributed by atoms with E-state index in [0.29, 0.717) is 21.3 Å². The van der Waals surface area contributed by atoms with Crippen LogP contribution in [0.5, 0.6) is 0 Å². The first-order valence-electron chi connectivity index (χ1n) is 5.37. The molecule has 0 fully saturated rings. The third kappa shape index (κ3) is 3.18. The predicted molar refractivity (Wildman–Crippen MR) is 73.2 cm³/mol. The largest absolute Gasteiger partial charge is 0.321 e. The fourth-order valence-corrected chi connectivity index (χ4v) is 1.96. The monoisotopic (exact) mass is 318 g/mol. The fourth-order valence-electron chi connectivity index (χ4n) is 1.48. The molecular weight excluding hydrogens is 311 g/mol. The lowest BCUT2D eigenvalue weighted by molar-refractivity contribution is 0.102. The molecule has 3 nitrogen and oxygen atoms in total. The van der Waals surface area contributed by atoms with Crippen molar-refractivity contribution in [3.05, 3.63) is 63.9 Å². The molecule has 0 spiro atoms. The Morgan fingerprint density at radius 3 is 2.47 bits per heavy atom. The van der Waals surface area contributed by atoms with Gasteiger partial charge in [-0.3, -0.25) is 4.79 Å². The first kappa shape index (κ1) is 13.2. The van der Waals surface area contributed by atoms with Gasteiger partial charge in [0.25, 0.3) is 5.91 Å². The van der Waals surface area contributed by atoms with Crippen molar-refractivity contribution in [1.82, 2.24) is 0 Å². The molecule has 2 aromatic carbocycles. The SMILES string of the molecule is N#Cc1ccc(NC(=O)c2ccc(F)cc2)c(Br)c1. The summed E-state index contributed by atoms with van der Waals surface area (Å²) in [6, 6.07) is 12.1. The van der Waals surface area contributed by atoms with Crippen molar-refractivity contribution in [2.75, 3.05) is 5.32 Å². The third-order valence-electron chi connectivity index (χ3n) is 2.45. The van der Waals surface area contributed by atoms with Crippen LogP contribution >= 0.6 is 15.9 Å². The van der Waals surface area contributed by atoms with E-state index in [1.807, 2.05) is 6.07 Å². The summed E-state index contributed by atoms with van der Waals surface area (Å²) in [5.41, 5.74) is 1.40. The van der Waals surface area contributed by atoms with Gasteiger partial charge in [0.1, 0.15) is 5.82 Å². The lowest BCUT2D eigenvalue weighted by Crippen LogP contribution is -2.12. The van der Waals surface area contributed by atoms with Crippen molar-refractivity contribution in [3.63, 3.8) is 0 Å². The highest BCUT2D eigenvalue weighted by Gasteiger charge is 2.08. The number of nitriles is 1. The molecular formula is C14H8BrFN2O. The van der Waals surface area contributed by atoms with Gasteiger partial charge in [0, 0.05) is 10.0 Å². The van der Waals surface area contributed by atoms with Crippen molar-refractivity contribution in [1.29, 1.82) is 5.26 Å². The van der Waals surface area contributed by atoms with E-state index in [0.717, 1.165) is 0 Å². The quantitative estimate of drug-likeness (QED) is 0.917. The molecule has 2 aromatic rings. The molecule has 0 aromatic heterocycles. The van der Waals surface area contributed by atoms with Crippen LogP contribution in [0.25, 0.3) is 0 Å². The Kier molecular flexibility index (Phi) is 3.93. The average Bonchev–Trinajstić information content (AvgIpc) is 2.41. The van der Waals surface area contributed by atoms with E-state index in [4.69, 9.17) is 5.26 Å². The topological polar surface area (TPSA) is 52.9 Å². The number of benzene rings is 2. The summed E-state index contributed by atoms with van der Waals surface area (Å²) in [7, 11) is 0. The number of hydrogen-bond acceptors (Lipinski definition) is 2. The minimum atomic E-state index is -0.392. The van der Waals surface area contributed by atoms with Gasteiger partial charge in [0.2, 0.25) is 0 Å². The summed E-state index contributed by atoms with van der Waals surface area (Å²) in [6.45, 7) is 0. The maximum Gasteiger partial charge on any atom is 0.255 e. The Hall–Kier alpha value is -2.19. The standard InChI is InChI=1S/C14H8BrFN2O/c15-12-7-9(8-17)1-6-13(12)18-14(19)10-2-4-11(16)5-3-10/h1-7H,(H,18,19). The Balaban J connectivity index is 2.20. The Morgan fingerprint density at radius 2 is 1.89 bits per heavy atom. The van der Waals surface area contributed by atoms with Crippen LogP contribution in [0.15, 0.2) is 46.9 Å². The van der Waals surface area contributed by atoms with Gasteiger partial charge in [0.05, 0.1) is 17.3 Å². The molecule has 19 heavy (non-hydrogen) atoms. The van der Waals surface area contributed by atoms with E-state index in [1.54, 1.807) is 18.2 Å². The minimum Gasteiger partial charge on any atom is -0.321 e. The first-order valence-corrected chi connectivity index (χ1v) is 6.16. The highest BCUT2D eigenvalue weighted by atomic mass is 79.9. The van der Waals surface area contributed by atoms with Gasteiger partial charge in [-0.05, 0) is 58.4 Å². The summed E-state index contributed by atoms with van der Waals surface area (Å²) in [6.07, 6.45) is 0. The highest BCUT2D eigenvalue weighted by Crippen LogP contribution is 2.24. The number of hydrogen-bond donors (Lipinski definition) is 1. The van der Waals surface area contributed by atoms with Gasteiger partial charge in [-0.25, -0.2) is 4.39 Å². The van der Waals surface area contributed by atoms with Gasteiger partial charge in [0.15, 0.2) is 0 Å². The molecule has 0 saturated heterocycles. The van der Waals surface area contributed by atoms with Crippen molar-refractivity contribution < 1.29 is 9.18 Å². The van der Waals surface area contributed by atoms with E-state index in [9.17, 15) is 9.18 Å². The highest BCUT2D eigenvalue weighted by molar-refractivity contribution is 9.10. The molecule has 0 aliphatic rings. The predicted octanol–water partition coefficient (Wildman–Crippen LogP) is 3.71. The molecule has 94 valence electrons. The number of carbonyl (C=O) groups excluding carboxylic acids is 1. The van der Waals surface area contributed by atoms with Crippen molar-refractivity contribution in [2.24, 2.45) is 0 Å². The lowest BCUT2D eigenvalue weighted by Gasteiger charge is -2.07. The molecule has 1 amide bonds. The molecule has 0 heterocycles. The molecule has 2 rings (SSSR count). The molecule has 1 N–H and O–H groups in total. The van der Waals surface area contributed by atoms with E-state index < -0.39 is 5.82 Å². The zero-order valence-electron chi connectivity index (χ0n) is 9.65. The van der Waals surface area contributed by atoms with Crippen LogP contribution in [0, 0.1) is 17.1 Å². The van der Waals surface area contributed by atoms with Gasteiger partial charge in [-0.2, -0.15) is 5.26 Å². The molecule has 0 atom stereocenters. The summed E-state index contributed by atoms with van der Waals surface area (Å²) in [5, 5.41) is 11.4. The number of halogens is 2. The van der Waals surface area contributed by atoms with Crippen molar-refractivity contribution in [3.8, 4) is 6.07 Å². The molecule has 0 radical (unpaired) electrons. The zero-order valence-corrected chi connectivity index (χ0v) is 11.2. The van der Waals surface area contributed by atoms with Gasteiger partial charge < -0.3 is 5.32 Å². The zero-order chi connectivity index (χ0) is 13.8. The van der Waals surface area contributed by atoms with E-state index in [1.165, 1.54) is 24.3 Å². The number of nitrogens with zero attached hydrogens (tertiary/aromatic N) is 1. The van der Waals surface area contributed by atoms with Gasteiger partial charge >= 0.3 is 0 Å². The molecule has 0 saturated carbocycles. The van der Waals surface area contributed by atoms with Crippen LogP contribution in [0.2, 0.25) is 0 Å². The van der Waals surface area contributed by atoms with E-state index >= 15 is 0 Å². The second-order valence-electron chi connectivity index (χ2n) is 3.77. The normalized spacial score (nSPS) is 9.74. The molecule has 0 aliphatic carbocycles. The molecule has 0 aliphatic heterocycles. The number of rotatable bonds is 2. The van der Waals surface area contributed by atoms with Gasteiger partial charge in [-0.15, -0.1) is 0 Å². The average molecular weight is 319 g/mol. The van der Waals surface area contributed by atoms with Crippen LogP contribution in [-0.4, -0.2) is 5.91 Å². The van der Waals surface area contributed by atoms with Crippen LogP contribution in [0.3, 0.4) is 0 Å². The van der Waals surface area contributed by atoms with Gasteiger partial charge in [-0.1, -0.05) is 0 Å². The number of nitrogens with one attached hydrogen (secondary N) is 1. The minimum absolute atomic E-state index is 0.342. The second-order valence-corrected chi connectivity index (χ2v) is 4.62. The van der Waals surface area contributed by atoms with Crippen LogP contribution < -0.4 is 5.32 Å². The summed E-state index contributed by atoms with van der Waals surface area (Å²) in [5.74, 6) is -0.735. The summed E-state index contributed by atoms with van der Waals surface area (Å²) in [4.78, 5) is 11.9. The summed E-state index contributed by atoms with van der Waals surface area (Å²) < 4.78 is 13.4.